The van der Waals surface area contributed by atoms with Gasteiger partial charge in [-0.15, -0.1) is 0 Å². The van der Waals surface area contributed by atoms with Crippen LogP contribution in [0.1, 0.15) is 12.0 Å². The smallest absolute Gasteiger partial charge is 0.274 e. The summed E-state index contributed by atoms with van der Waals surface area (Å²) in [6.07, 6.45) is -0.292. The van der Waals surface area contributed by atoms with E-state index in [9.17, 15) is 19.7 Å². The second-order valence-electron chi connectivity index (χ2n) is 4.02. The lowest BCUT2D eigenvalue weighted by atomic mass is 10.1. The summed E-state index contributed by atoms with van der Waals surface area (Å²) in [4.78, 5) is 32.4. The number of aryl methyl sites for hydroxylation is 1. The van der Waals surface area contributed by atoms with Crippen molar-refractivity contribution >= 4 is 23.2 Å². The number of anilines is 1. The quantitative estimate of drug-likeness (QED) is 0.509. The molecule has 0 heterocycles. The van der Waals surface area contributed by atoms with Crippen LogP contribution in [-0.2, 0) is 9.59 Å². The van der Waals surface area contributed by atoms with Gasteiger partial charge < -0.3 is 16.8 Å². The van der Waals surface area contributed by atoms with Crippen LogP contribution in [0.15, 0.2) is 18.2 Å². The van der Waals surface area contributed by atoms with E-state index in [-0.39, 0.29) is 17.8 Å². The van der Waals surface area contributed by atoms with E-state index in [1.807, 2.05) is 0 Å². The molecule has 1 aromatic carbocycles. The van der Waals surface area contributed by atoms with E-state index in [0.29, 0.717) is 5.56 Å². The van der Waals surface area contributed by atoms with Crippen molar-refractivity contribution in [2.24, 2.45) is 11.5 Å². The highest BCUT2D eigenvalue weighted by Gasteiger charge is 2.17. The van der Waals surface area contributed by atoms with Crippen molar-refractivity contribution in [2.45, 2.75) is 19.4 Å². The minimum atomic E-state index is -1.09. The Morgan fingerprint density at radius 1 is 1.47 bits per heavy atom. The number of hydrogen-bond donors (Lipinski definition) is 3. The van der Waals surface area contributed by atoms with Crippen molar-refractivity contribution in [1.29, 1.82) is 0 Å². The summed E-state index contributed by atoms with van der Waals surface area (Å²) in [5.74, 6) is -1.32. The molecule has 1 rings (SSSR count). The number of nitrogens with two attached hydrogens (primary N) is 2. The fourth-order valence-corrected chi connectivity index (χ4v) is 1.43. The highest BCUT2D eigenvalue weighted by Crippen LogP contribution is 2.22. The van der Waals surface area contributed by atoms with Gasteiger partial charge in [0.05, 0.1) is 17.4 Å². The van der Waals surface area contributed by atoms with Crippen LogP contribution in [0.5, 0.6) is 0 Å². The van der Waals surface area contributed by atoms with Crippen molar-refractivity contribution in [1.82, 2.24) is 0 Å². The molecule has 8 heteroatoms. The highest BCUT2D eigenvalue weighted by atomic mass is 16.6. The Bertz CT molecular complexity index is 529. The van der Waals surface area contributed by atoms with Crippen molar-refractivity contribution in [3.05, 3.63) is 33.9 Å². The molecular weight excluding hydrogens is 252 g/mol. The summed E-state index contributed by atoms with van der Waals surface area (Å²) in [7, 11) is 0. The summed E-state index contributed by atoms with van der Waals surface area (Å²) in [6, 6.07) is 3.16. The van der Waals surface area contributed by atoms with Gasteiger partial charge in [-0.2, -0.15) is 0 Å². The molecule has 0 saturated carbocycles. The topological polar surface area (TPSA) is 141 Å². The van der Waals surface area contributed by atoms with E-state index in [4.69, 9.17) is 11.5 Å². The van der Waals surface area contributed by atoms with E-state index in [1.54, 1.807) is 6.92 Å². The molecule has 0 fully saturated rings. The van der Waals surface area contributed by atoms with Crippen molar-refractivity contribution in [3.8, 4) is 0 Å². The molecule has 102 valence electrons. The predicted molar refractivity (Wildman–Crippen MR) is 68.2 cm³/mol. The number of carbonyl (C=O) groups is 2. The first-order valence-electron chi connectivity index (χ1n) is 5.41. The minimum absolute atomic E-state index is 0.110. The van der Waals surface area contributed by atoms with E-state index < -0.39 is 22.8 Å². The molecule has 19 heavy (non-hydrogen) atoms. The SMILES string of the molecule is Cc1ccc(NC(=O)C(N)CC(N)=O)cc1[N+](=O)[O-]. The number of nitrogens with zero attached hydrogens (tertiary/aromatic N) is 1. The Labute approximate surface area is 108 Å². The molecule has 0 bridgehead atoms. The second kappa shape index (κ2) is 5.91. The lowest BCUT2D eigenvalue weighted by molar-refractivity contribution is -0.385. The van der Waals surface area contributed by atoms with E-state index >= 15 is 0 Å². The fourth-order valence-electron chi connectivity index (χ4n) is 1.43. The highest BCUT2D eigenvalue weighted by molar-refractivity contribution is 5.97. The van der Waals surface area contributed by atoms with Crippen LogP contribution in [0.3, 0.4) is 0 Å². The Kier molecular flexibility index (Phi) is 4.54. The number of rotatable bonds is 5. The van der Waals surface area contributed by atoms with Gasteiger partial charge in [-0.05, 0) is 13.0 Å². The monoisotopic (exact) mass is 266 g/mol. The third-order valence-corrected chi connectivity index (χ3v) is 2.43. The number of nitro groups is 1. The Morgan fingerprint density at radius 3 is 2.63 bits per heavy atom. The van der Waals surface area contributed by atoms with Crippen LogP contribution in [0.2, 0.25) is 0 Å². The number of hydrogen-bond acceptors (Lipinski definition) is 5. The molecule has 1 unspecified atom stereocenters. The number of primary amides is 1. The van der Waals surface area contributed by atoms with Crippen LogP contribution >= 0.6 is 0 Å². The molecular formula is C11H14N4O4. The van der Waals surface area contributed by atoms with Crippen molar-refractivity contribution in [2.75, 3.05) is 5.32 Å². The molecule has 1 aromatic rings. The van der Waals surface area contributed by atoms with E-state index in [1.165, 1.54) is 18.2 Å². The van der Waals surface area contributed by atoms with Crippen LogP contribution in [0.25, 0.3) is 0 Å². The molecule has 1 atom stereocenters. The first-order chi connectivity index (χ1) is 8.81. The normalized spacial score (nSPS) is 11.7. The molecule has 2 amide bonds. The molecule has 8 nitrogen and oxygen atoms in total. The third-order valence-electron chi connectivity index (χ3n) is 2.43. The maximum absolute atomic E-state index is 11.6. The molecule has 0 saturated heterocycles. The average molecular weight is 266 g/mol. The van der Waals surface area contributed by atoms with Gasteiger partial charge in [0.2, 0.25) is 11.8 Å². The predicted octanol–water partition coefficient (Wildman–Crippen LogP) is 0.0444. The van der Waals surface area contributed by atoms with E-state index in [2.05, 4.69) is 5.32 Å². The third kappa shape index (κ3) is 4.03. The Balaban J connectivity index is 2.83. The van der Waals surface area contributed by atoms with Crippen LogP contribution < -0.4 is 16.8 Å². The largest absolute Gasteiger partial charge is 0.370 e. The Hall–Kier alpha value is -2.48. The summed E-state index contributed by atoms with van der Waals surface area (Å²) >= 11 is 0. The summed E-state index contributed by atoms with van der Waals surface area (Å²) < 4.78 is 0. The van der Waals surface area contributed by atoms with Gasteiger partial charge in [0.1, 0.15) is 0 Å². The summed E-state index contributed by atoms with van der Waals surface area (Å²) in [6.45, 7) is 1.59. The standard InChI is InChI=1S/C11H14N4O4/c1-6-2-3-7(4-9(6)15(18)19)14-11(17)8(12)5-10(13)16/h2-4,8H,5,12H2,1H3,(H2,13,16)(H,14,17). The lowest BCUT2D eigenvalue weighted by Crippen LogP contribution is -2.39. The summed E-state index contributed by atoms with van der Waals surface area (Å²) in [5, 5.41) is 13.1. The van der Waals surface area contributed by atoms with Gasteiger partial charge in [-0.3, -0.25) is 19.7 Å². The van der Waals surface area contributed by atoms with E-state index in [0.717, 1.165) is 0 Å². The number of amides is 2. The molecule has 5 N–H and O–H groups in total. The van der Waals surface area contributed by atoms with Crippen molar-refractivity contribution < 1.29 is 14.5 Å². The zero-order valence-electron chi connectivity index (χ0n) is 10.3. The van der Waals surface area contributed by atoms with Gasteiger partial charge in [-0.1, -0.05) is 6.07 Å². The number of benzene rings is 1. The van der Waals surface area contributed by atoms with Crippen LogP contribution in [-0.4, -0.2) is 22.8 Å². The number of nitro benzene ring substituents is 1. The summed E-state index contributed by atoms with van der Waals surface area (Å²) in [5.41, 5.74) is 11.0. The maximum atomic E-state index is 11.6. The van der Waals surface area contributed by atoms with Crippen LogP contribution in [0, 0.1) is 17.0 Å². The number of carbonyl (C=O) groups excluding carboxylic acids is 2. The van der Waals surface area contributed by atoms with Crippen LogP contribution in [0.4, 0.5) is 11.4 Å². The van der Waals surface area contributed by atoms with Gasteiger partial charge in [0, 0.05) is 17.3 Å². The van der Waals surface area contributed by atoms with Crippen molar-refractivity contribution in [3.63, 3.8) is 0 Å². The maximum Gasteiger partial charge on any atom is 0.274 e. The second-order valence-corrected chi connectivity index (χ2v) is 4.02. The molecule has 0 radical (unpaired) electrons. The fraction of sp³-hybridized carbons (Fsp3) is 0.273. The number of nitrogens with one attached hydrogen (secondary N) is 1. The first kappa shape index (κ1) is 14.6. The molecule has 0 aliphatic carbocycles. The molecule has 0 aromatic heterocycles. The van der Waals surface area contributed by atoms with Gasteiger partial charge >= 0.3 is 0 Å². The lowest BCUT2D eigenvalue weighted by Gasteiger charge is -2.10. The first-order valence-corrected chi connectivity index (χ1v) is 5.41. The molecule has 0 aliphatic heterocycles. The molecule has 0 spiro atoms. The zero-order valence-corrected chi connectivity index (χ0v) is 10.3. The van der Waals surface area contributed by atoms with Gasteiger partial charge in [0.25, 0.3) is 5.69 Å². The zero-order chi connectivity index (χ0) is 14.6. The molecule has 0 aliphatic rings. The Morgan fingerprint density at radius 2 is 2.11 bits per heavy atom. The van der Waals surface area contributed by atoms with Gasteiger partial charge in [0.15, 0.2) is 0 Å². The average Bonchev–Trinajstić information content (AvgIpc) is 2.30. The van der Waals surface area contributed by atoms with Gasteiger partial charge in [-0.25, -0.2) is 0 Å². The minimum Gasteiger partial charge on any atom is -0.370 e.